The molecule has 2 aromatic carbocycles. The Balaban J connectivity index is 1.88. The standard InChI is InChI=1S/C23H31N3O2/c1-5-19(20-9-7-6-8-10-20)15-25-22(27)17(2)26(4)16-18-11-13-21(14-12-18)23(28)24-3/h6-14,17,19H,5,15-16H2,1-4H3,(H,24,28)(H,25,27)/p+1/t17-,19-/m0/s1. The number of carbonyl (C=O) groups is 2. The van der Waals surface area contributed by atoms with Crippen LogP contribution in [0.4, 0.5) is 0 Å². The van der Waals surface area contributed by atoms with E-state index in [0.29, 0.717) is 18.0 Å². The third-order valence-electron chi connectivity index (χ3n) is 5.35. The van der Waals surface area contributed by atoms with E-state index in [2.05, 4.69) is 29.7 Å². The molecule has 1 unspecified atom stereocenters. The summed E-state index contributed by atoms with van der Waals surface area (Å²) in [6, 6.07) is 17.7. The van der Waals surface area contributed by atoms with Crippen molar-refractivity contribution in [1.29, 1.82) is 0 Å². The minimum atomic E-state index is -0.160. The summed E-state index contributed by atoms with van der Waals surface area (Å²) in [5.74, 6) is 0.299. The van der Waals surface area contributed by atoms with Crippen molar-refractivity contribution in [3.8, 4) is 0 Å². The predicted octanol–water partition coefficient (Wildman–Crippen LogP) is 1.76. The Labute approximate surface area is 168 Å². The molecule has 0 aliphatic carbocycles. The second-order valence-electron chi connectivity index (χ2n) is 7.28. The Bertz CT molecular complexity index is 759. The van der Waals surface area contributed by atoms with Crippen LogP contribution in [0, 0.1) is 0 Å². The highest BCUT2D eigenvalue weighted by Crippen LogP contribution is 2.17. The summed E-state index contributed by atoms with van der Waals surface area (Å²) in [5, 5.41) is 5.73. The smallest absolute Gasteiger partial charge is 0.278 e. The molecule has 2 aromatic rings. The molecule has 0 saturated carbocycles. The van der Waals surface area contributed by atoms with Gasteiger partial charge in [-0.2, -0.15) is 0 Å². The molecule has 0 spiro atoms. The van der Waals surface area contributed by atoms with Crippen LogP contribution in [0.3, 0.4) is 0 Å². The highest BCUT2D eigenvalue weighted by molar-refractivity contribution is 5.93. The number of amides is 2. The van der Waals surface area contributed by atoms with E-state index in [1.54, 1.807) is 7.05 Å². The Morgan fingerprint density at radius 3 is 2.25 bits per heavy atom. The monoisotopic (exact) mass is 382 g/mol. The van der Waals surface area contributed by atoms with Gasteiger partial charge in [-0.3, -0.25) is 9.59 Å². The Kier molecular flexibility index (Phi) is 8.20. The Morgan fingerprint density at radius 2 is 1.68 bits per heavy atom. The zero-order valence-electron chi connectivity index (χ0n) is 17.3. The van der Waals surface area contributed by atoms with Crippen molar-refractivity contribution in [2.75, 3.05) is 20.6 Å². The van der Waals surface area contributed by atoms with Crippen LogP contribution in [0.15, 0.2) is 54.6 Å². The van der Waals surface area contributed by atoms with E-state index in [1.165, 1.54) is 5.56 Å². The number of hydrogen-bond donors (Lipinski definition) is 3. The number of rotatable bonds is 9. The molecule has 0 saturated heterocycles. The quantitative estimate of drug-likeness (QED) is 0.619. The summed E-state index contributed by atoms with van der Waals surface area (Å²) in [5.41, 5.74) is 3.00. The molecular weight excluding hydrogens is 350 g/mol. The van der Waals surface area contributed by atoms with E-state index >= 15 is 0 Å². The highest BCUT2D eigenvalue weighted by atomic mass is 16.2. The first-order valence-corrected chi connectivity index (χ1v) is 9.92. The van der Waals surface area contributed by atoms with Crippen LogP contribution in [0.2, 0.25) is 0 Å². The van der Waals surface area contributed by atoms with E-state index in [1.807, 2.05) is 56.4 Å². The van der Waals surface area contributed by atoms with Gasteiger partial charge in [0, 0.05) is 30.6 Å². The fraction of sp³-hybridized carbons (Fsp3) is 0.391. The summed E-state index contributed by atoms with van der Waals surface area (Å²) in [6.45, 7) is 5.47. The molecule has 3 atom stereocenters. The van der Waals surface area contributed by atoms with Crippen LogP contribution in [-0.2, 0) is 11.3 Å². The number of hydrogen-bond acceptors (Lipinski definition) is 2. The van der Waals surface area contributed by atoms with Crippen molar-refractivity contribution < 1.29 is 14.5 Å². The molecule has 0 heterocycles. The van der Waals surface area contributed by atoms with Gasteiger partial charge >= 0.3 is 0 Å². The lowest BCUT2D eigenvalue weighted by Gasteiger charge is -2.23. The van der Waals surface area contributed by atoms with Crippen molar-refractivity contribution in [3.63, 3.8) is 0 Å². The lowest BCUT2D eigenvalue weighted by molar-refractivity contribution is -0.908. The normalized spacial score (nSPS) is 14.0. The summed E-state index contributed by atoms with van der Waals surface area (Å²) in [7, 11) is 3.64. The van der Waals surface area contributed by atoms with Crippen molar-refractivity contribution >= 4 is 11.8 Å². The van der Waals surface area contributed by atoms with Gasteiger partial charge in [-0.25, -0.2) is 0 Å². The molecular formula is C23H32N3O2+. The molecule has 0 aliphatic rings. The number of nitrogens with one attached hydrogen (secondary N) is 3. The highest BCUT2D eigenvalue weighted by Gasteiger charge is 2.22. The zero-order chi connectivity index (χ0) is 20.5. The van der Waals surface area contributed by atoms with Crippen LogP contribution in [0.25, 0.3) is 0 Å². The molecule has 5 heteroatoms. The van der Waals surface area contributed by atoms with Crippen LogP contribution in [-0.4, -0.2) is 38.5 Å². The van der Waals surface area contributed by atoms with E-state index in [-0.39, 0.29) is 17.9 Å². The topological polar surface area (TPSA) is 62.6 Å². The van der Waals surface area contributed by atoms with Gasteiger partial charge in [-0.15, -0.1) is 0 Å². The molecule has 5 nitrogen and oxygen atoms in total. The first-order valence-electron chi connectivity index (χ1n) is 9.92. The lowest BCUT2D eigenvalue weighted by Crippen LogP contribution is -3.12. The lowest BCUT2D eigenvalue weighted by atomic mass is 9.96. The average Bonchev–Trinajstić information content (AvgIpc) is 2.74. The third-order valence-corrected chi connectivity index (χ3v) is 5.35. The van der Waals surface area contributed by atoms with E-state index in [0.717, 1.165) is 23.4 Å². The number of carbonyl (C=O) groups excluding carboxylic acids is 2. The number of benzene rings is 2. The minimum absolute atomic E-state index is 0.0638. The summed E-state index contributed by atoms with van der Waals surface area (Å²) < 4.78 is 0. The molecule has 0 radical (unpaired) electrons. The van der Waals surface area contributed by atoms with E-state index in [4.69, 9.17) is 0 Å². The average molecular weight is 383 g/mol. The molecule has 0 fully saturated rings. The van der Waals surface area contributed by atoms with Gasteiger partial charge in [0.2, 0.25) is 0 Å². The predicted molar refractivity (Wildman–Crippen MR) is 112 cm³/mol. The third kappa shape index (κ3) is 5.92. The second kappa shape index (κ2) is 10.6. The van der Waals surface area contributed by atoms with Crippen molar-refractivity contribution in [2.45, 2.75) is 38.8 Å². The Morgan fingerprint density at radius 1 is 1.04 bits per heavy atom. The maximum Gasteiger partial charge on any atom is 0.278 e. The molecule has 3 N–H and O–H groups in total. The van der Waals surface area contributed by atoms with Crippen LogP contribution >= 0.6 is 0 Å². The molecule has 0 aromatic heterocycles. The molecule has 150 valence electrons. The van der Waals surface area contributed by atoms with Crippen molar-refractivity contribution in [2.24, 2.45) is 0 Å². The van der Waals surface area contributed by atoms with Gasteiger partial charge in [0.05, 0.1) is 7.05 Å². The van der Waals surface area contributed by atoms with E-state index in [9.17, 15) is 9.59 Å². The molecule has 28 heavy (non-hydrogen) atoms. The SMILES string of the molecule is CC[C@@H](CNC(=O)[C@H](C)[NH+](C)Cc1ccc(C(=O)NC)cc1)c1ccccc1. The van der Waals surface area contributed by atoms with Crippen molar-refractivity contribution in [3.05, 3.63) is 71.3 Å². The van der Waals surface area contributed by atoms with Crippen molar-refractivity contribution in [1.82, 2.24) is 10.6 Å². The number of quaternary nitrogens is 1. The zero-order valence-corrected chi connectivity index (χ0v) is 17.3. The fourth-order valence-electron chi connectivity index (χ4n) is 3.22. The second-order valence-corrected chi connectivity index (χ2v) is 7.28. The van der Waals surface area contributed by atoms with Crippen LogP contribution in [0.5, 0.6) is 0 Å². The molecule has 2 amide bonds. The summed E-state index contributed by atoms with van der Waals surface area (Å²) in [6.07, 6.45) is 0.985. The fourth-order valence-corrected chi connectivity index (χ4v) is 3.22. The van der Waals surface area contributed by atoms with E-state index < -0.39 is 0 Å². The first kappa shape index (κ1) is 21.6. The van der Waals surface area contributed by atoms with Gasteiger partial charge in [0.25, 0.3) is 11.8 Å². The molecule has 2 rings (SSSR count). The maximum atomic E-state index is 12.6. The van der Waals surface area contributed by atoms with Gasteiger partial charge in [-0.1, -0.05) is 49.4 Å². The van der Waals surface area contributed by atoms with Gasteiger partial charge in [-0.05, 0) is 31.0 Å². The summed E-state index contributed by atoms with van der Waals surface area (Å²) in [4.78, 5) is 25.4. The minimum Gasteiger partial charge on any atom is -0.355 e. The molecule has 0 bridgehead atoms. The Hall–Kier alpha value is -2.66. The van der Waals surface area contributed by atoms with Crippen LogP contribution < -0.4 is 15.5 Å². The van der Waals surface area contributed by atoms with Gasteiger partial charge < -0.3 is 15.5 Å². The van der Waals surface area contributed by atoms with Gasteiger partial charge in [0.15, 0.2) is 6.04 Å². The first-order chi connectivity index (χ1) is 13.5. The van der Waals surface area contributed by atoms with Gasteiger partial charge in [0.1, 0.15) is 6.54 Å². The number of likely N-dealkylation sites (N-methyl/N-ethyl adjacent to an activating group) is 1. The summed E-state index contributed by atoms with van der Waals surface area (Å²) >= 11 is 0. The van der Waals surface area contributed by atoms with Crippen LogP contribution in [0.1, 0.15) is 47.7 Å². The largest absolute Gasteiger partial charge is 0.355 e. The molecule has 0 aliphatic heterocycles. The maximum absolute atomic E-state index is 12.6.